The van der Waals surface area contributed by atoms with Crippen molar-refractivity contribution in [2.24, 2.45) is 0 Å². The van der Waals surface area contributed by atoms with Gasteiger partial charge in [0.15, 0.2) is 11.6 Å². The molecule has 0 aliphatic rings. The first-order chi connectivity index (χ1) is 11.7. The molecule has 2 aromatic rings. The highest BCUT2D eigenvalue weighted by Gasteiger charge is 2.03. The fourth-order valence-electron chi connectivity index (χ4n) is 1.98. The molecule has 2 rings (SSSR count). The summed E-state index contributed by atoms with van der Waals surface area (Å²) in [6, 6.07) is 6.98. The van der Waals surface area contributed by atoms with Crippen LogP contribution in [0, 0.1) is 20.8 Å². The number of pyridine rings is 2. The Morgan fingerprint density at radius 2 is 1.16 bits per heavy atom. The monoisotopic (exact) mass is 346 g/mol. The summed E-state index contributed by atoms with van der Waals surface area (Å²) in [4.78, 5) is 30.1. The SMILES string of the molecule is CC(=O)c1cc(C)nc(C)c1.CO.COc1cc(C(C)=O)cc(C)n1. The molecule has 1 N–H and O–H groups in total. The van der Waals surface area contributed by atoms with Gasteiger partial charge >= 0.3 is 0 Å². The summed E-state index contributed by atoms with van der Waals surface area (Å²) in [5, 5.41) is 7.00. The molecule has 0 atom stereocenters. The number of hydrogen-bond donors (Lipinski definition) is 1. The minimum atomic E-state index is 0.0267. The number of ketones is 2. The zero-order chi connectivity index (χ0) is 19.6. The van der Waals surface area contributed by atoms with E-state index >= 15 is 0 Å². The summed E-state index contributed by atoms with van der Waals surface area (Å²) in [6.45, 7) is 8.69. The fourth-order valence-corrected chi connectivity index (χ4v) is 1.98. The Bertz CT molecular complexity index is 707. The number of carbonyl (C=O) groups is 2. The molecule has 6 heteroatoms. The van der Waals surface area contributed by atoms with Gasteiger partial charge in [-0.3, -0.25) is 14.6 Å². The van der Waals surface area contributed by atoms with Crippen molar-refractivity contribution in [3.8, 4) is 5.88 Å². The lowest BCUT2D eigenvalue weighted by Gasteiger charge is -2.02. The standard InChI is InChI=1S/C9H11NO2.C9H11NO.CH4O/c1-6-4-8(7(2)11)5-9(10-6)12-3;1-6-4-9(8(3)11)5-7(2)10-6;1-2/h4-5H,1-3H3;4-5H,1-3H3;2H,1H3. The van der Waals surface area contributed by atoms with Crippen LogP contribution in [-0.4, -0.2) is 40.9 Å². The molecule has 0 spiro atoms. The van der Waals surface area contributed by atoms with E-state index in [2.05, 4.69) is 9.97 Å². The maximum Gasteiger partial charge on any atom is 0.213 e. The van der Waals surface area contributed by atoms with E-state index in [0.29, 0.717) is 11.4 Å². The van der Waals surface area contributed by atoms with Crippen LogP contribution in [0.3, 0.4) is 0 Å². The van der Waals surface area contributed by atoms with E-state index in [0.717, 1.165) is 29.8 Å². The topological polar surface area (TPSA) is 89.4 Å². The number of ether oxygens (including phenoxy) is 1. The Morgan fingerprint density at radius 1 is 0.800 bits per heavy atom. The summed E-state index contributed by atoms with van der Waals surface area (Å²) in [7, 11) is 2.53. The number of aliphatic hydroxyl groups is 1. The van der Waals surface area contributed by atoms with E-state index in [4.69, 9.17) is 9.84 Å². The van der Waals surface area contributed by atoms with Crippen LogP contribution < -0.4 is 4.74 Å². The van der Waals surface area contributed by atoms with Gasteiger partial charge in [0.2, 0.25) is 5.88 Å². The highest BCUT2D eigenvalue weighted by atomic mass is 16.5. The van der Waals surface area contributed by atoms with Crippen LogP contribution in [0.5, 0.6) is 5.88 Å². The van der Waals surface area contributed by atoms with Crippen LogP contribution in [0.25, 0.3) is 0 Å². The van der Waals surface area contributed by atoms with Gasteiger partial charge in [0, 0.05) is 41.4 Å². The number of nitrogens with zero attached hydrogens (tertiary/aromatic N) is 2. The first-order valence-corrected chi connectivity index (χ1v) is 7.67. The molecule has 0 saturated heterocycles. The quantitative estimate of drug-likeness (QED) is 0.859. The van der Waals surface area contributed by atoms with Gasteiger partial charge in [-0.05, 0) is 52.8 Å². The number of methoxy groups -OCH3 is 1. The van der Waals surface area contributed by atoms with Crippen molar-refractivity contribution in [3.63, 3.8) is 0 Å². The second kappa shape index (κ2) is 11.0. The Kier molecular flexibility index (Phi) is 9.89. The molecule has 0 unspecified atom stereocenters. The number of aromatic nitrogens is 2. The molecule has 0 fully saturated rings. The van der Waals surface area contributed by atoms with Gasteiger partial charge in [-0.25, -0.2) is 4.98 Å². The van der Waals surface area contributed by atoms with Crippen LogP contribution >= 0.6 is 0 Å². The van der Waals surface area contributed by atoms with Crippen LogP contribution in [0.2, 0.25) is 0 Å². The molecule has 0 radical (unpaired) electrons. The Balaban J connectivity index is 0.000000421. The second-order valence-corrected chi connectivity index (χ2v) is 5.29. The van der Waals surface area contributed by atoms with Crippen molar-refractivity contribution in [2.45, 2.75) is 34.6 Å². The predicted molar refractivity (Wildman–Crippen MR) is 97.4 cm³/mol. The summed E-state index contributed by atoms with van der Waals surface area (Å²) >= 11 is 0. The molecule has 0 aliphatic carbocycles. The van der Waals surface area contributed by atoms with Gasteiger partial charge in [-0.15, -0.1) is 0 Å². The van der Waals surface area contributed by atoms with Crippen LogP contribution in [0.4, 0.5) is 0 Å². The van der Waals surface area contributed by atoms with E-state index < -0.39 is 0 Å². The first-order valence-electron chi connectivity index (χ1n) is 7.67. The van der Waals surface area contributed by atoms with E-state index in [1.807, 2.05) is 20.8 Å². The largest absolute Gasteiger partial charge is 0.481 e. The van der Waals surface area contributed by atoms with Gasteiger partial charge in [0.05, 0.1) is 7.11 Å². The molecule has 0 aliphatic heterocycles. The van der Waals surface area contributed by atoms with E-state index in [1.165, 1.54) is 14.0 Å². The van der Waals surface area contributed by atoms with Gasteiger partial charge in [0.1, 0.15) is 0 Å². The molecule has 2 aromatic heterocycles. The molecule has 0 bridgehead atoms. The van der Waals surface area contributed by atoms with Crippen molar-refractivity contribution in [3.05, 3.63) is 52.5 Å². The molecule has 0 aromatic carbocycles. The number of Topliss-reactive ketones (excluding diaryl/α,β-unsaturated/α-hetero) is 2. The smallest absolute Gasteiger partial charge is 0.213 e. The van der Waals surface area contributed by atoms with E-state index in [-0.39, 0.29) is 11.6 Å². The van der Waals surface area contributed by atoms with Gasteiger partial charge in [-0.1, -0.05) is 0 Å². The number of carbonyl (C=O) groups excluding carboxylic acids is 2. The first kappa shape index (κ1) is 22.4. The van der Waals surface area contributed by atoms with Crippen molar-refractivity contribution >= 4 is 11.6 Å². The molecule has 6 nitrogen and oxygen atoms in total. The zero-order valence-electron chi connectivity index (χ0n) is 15.9. The third-order valence-electron chi connectivity index (χ3n) is 3.03. The number of rotatable bonds is 3. The van der Waals surface area contributed by atoms with Crippen molar-refractivity contribution in [1.82, 2.24) is 9.97 Å². The zero-order valence-corrected chi connectivity index (χ0v) is 15.9. The van der Waals surface area contributed by atoms with Gasteiger partial charge in [0.25, 0.3) is 0 Å². The van der Waals surface area contributed by atoms with E-state index in [1.54, 1.807) is 31.2 Å². The average Bonchev–Trinajstić information content (AvgIpc) is 2.55. The fraction of sp³-hybridized carbons (Fsp3) is 0.368. The highest BCUT2D eigenvalue weighted by Crippen LogP contribution is 2.11. The molecule has 25 heavy (non-hydrogen) atoms. The Labute approximate surface area is 148 Å². The summed E-state index contributed by atoms with van der Waals surface area (Å²) in [5.74, 6) is 0.609. The summed E-state index contributed by atoms with van der Waals surface area (Å²) < 4.78 is 4.92. The minimum Gasteiger partial charge on any atom is -0.481 e. The summed E-state index contributed by atoms with van der Waals surface area (Å²) in [6.07, 6.45) is 0. The lowest BCUT2D eigenvalue weighted by molar-refractivity contribution is 0.100. The Hall–Kier alpha value is -2.60. The normalized spacial score (nSPS) is 9.12. The van der Waals surface area contributed by atoms with E-state index in [9.17, 15) is 9.59 Å². The average molecular weight is 346 g/mol. The molecule has 0 saturated carbocycles. The number of hydrogen-bond acceptors (Lipinski definition) is 6. The van der Waals surface area contributed by atoms with Crippen molar-refractivity contribution < 1.29 is 19.4 Å². The van der Waals surface area contributed by atoms with Crippen molar-refractivity contribution in [2.75, 3.05) is 14.2 Å². The highest BCUT2D eigenvalue weighted by molar-refractivity contribution is 5.94. The lowest BCUT2D eigenvalue weighted by Crippen LogP contribution is -1.97. The van der Waals surface area contributed by atoms with Gasteiger partial charge in [-0.2, -0.15) is 0 Å². The van der Waals surface area contributed by atoms with Crippen LogP contribution in [-0.2, 0) is 0 Å². The van der Waals surface area contributed by atoms with Gasteiger partial charge < -0.3 is 9.84 Å². The molecule has 0 amide bonds. The number of aliphatic hydroxyl groups excluding tert-OH is 1. The second-order valence-electron chi connectivity index (χ2n) is 5.29. The van der Waals surface area contributed by atoms with Crippen LogP contribution in [0.1, 0.15) is 51.6 Å². The maximum absolute atomic E-state index is 11.0. The molecule has 2 heterocycles. The molecular formula is C19H26N2O4. The minimum absolute atomic E-state index is 0.0267. The van der Waals surface area contributed by atoms with Crippen molar-refractivity contribution in [1.29, 1.82) is 0 Å². The maximum atomic E-state index is 11.0. The number of aryl methyl sites for hydroxylation is 3. The molecular weight excluding hydrogens is 320 g/mol. The third kappa shape index (κ3) is 8.17. The predicted octanol–water partition coefficient (Wildman–Crippen LogP) is 3.11. The summed E-state index contributed by atoms with van der Waals surface area (Å²) in [5.41, 5.74) is 3.97. The Morgan fingerprint density at radius 3 is 1.52 bits per heavy atom. The molecule has 136 valence electrons. The van der Waals surface area contributed by atoms with Crippen LogP contribution in [0.15, 0.2) is 24.3 Å². The third-order valence-corrected chi connectivity index (χ3v) is 3.03. The lowest BCUT2D eigenvalue weighted by atomic mass is 10.1.